The second-order valence-corrected chi connectivity index (χ2v) is 26.6. The van der Waals surface area contributed by atoms with Gasteiger partial charge in [0.15, 0.2) is 17.2 Å². The number of hydrogen-bond donors (Lipinski definition) is 7. The summed E-state index contributed by atoms with van der Waals surface area (Å²) in [5.41, 5.74) is -2.47. The molecule has 2 bridgehead atoms. The third kappa shape index (κ3) is 16.9. The van der Waals surface area contributed by atoms with Gasteiger partial charge in [0.25, 0.3) is 0 Å². The first-order valence-electron chi connectivity index (χ1n) is 31.9. The molecule has 1 saturated heterocycles. The van der Waals surface area contributed by atoms with Gasteiger partial charge >= 0.3 is 30.2 Å². The van der Waals surface area contributed by atoms with Crippen LogP contribution in [0, 0.1) is 28.6 Å². The number of anilines is 1. The summed E-state index contributed by atoms with van der Waals surface area (Å²) in [5, 5.41) is 36.8. The summed E-state index contributed by atoms with van der Waals surface area (Å²) in [7, 11) is 0. The molecular formula is C69H89N5O22. The van der Waals surface area contributed by atoms with E-state index >= 15 is 9.59 Å². The van der Waals surface area contributed by atoms with Crippen LogP contribution in [0.25, 0.3) is 0 Å². The Labute approximate surface area is 556 Å². The van der Waals surface area contributed by atoms with Gasteiger partial charge in [0.1, 0.15) is 67.0 Å². The maximum Gasteiger partial charge on any atom is 0.509 e. The lowest BCUT2D eigenvalue weighted by atomic mass is 9.43. The van der Waals surface area contributed by atoms with Crippen LogP contribution < -0.4 is 27.0 Å². The predicted octanol–water partition coefficient (Wildman–Crippen LogP) is 5.35. The fourth-order valence-corrected chi connectivity index (χ4v) is 13.2. The fourth-order valence-electron chi connectivity index (χ4n) is 13.2. The molecule has 0 aromatic heterocycles. The zero-order chi connectivity index (χ0) is 70.8. The molecule has 14 atom stereocenters. The first-order valence-corrected chi connectivity index (χ1v) is 31.9. The van der Waals surface area contributed by atoms with Crippen molar-refractivity contribution in [3.8, 4) is 0 Å². The lowest BCUT2D eigenvalue weighted by Crippen LogP contribution is -2.80. The van der Waals surface area contributed by atoms with Crippen molar-refractivity contribution in [1.29, 1.82) is 0 Å². The number of alkyl carbamates (subject to hydrolysis) is 1. The smallest absolute Gasteiger partial charge is 0.455 e. The minimum absolute atomic E-state index is 0.0619. The molecule has 1 aliphatic heterocycles. The number of fused-ring (bicyclic) bond motifs is 5. The molecule has 96 heavy (non-hydrogen) atoms. The van der Waals surface area contributed by atoms with Crippen LogP contribution >= 0.6 is 0 Å². The molecule has 3 aromatic rings. The Morgan fingerprint density at radius 3 is 2.04 bits per heavy atom. The van der Waals surface area contributed by atoms with Gasteiger partial charge in [-0.1, -0.05) is 95.3 Å². The molecule has 2 unspecified atom stereocenters. The van der Waals surface area contributed by atoms with Gasteiger partial charge in [-0.3, -0.25) is 33.6 Å². The van der Waals surface area contributed by atoms with Crippen molar-refractivity contribution in [2.24, 2.45) is 34.3 Å². The van der Waals surface area contributed by atoms with Gasteiger partial charge in [-0.05, 0) is 100 Å². The van der Waals surface area contributed by atoms with Crippen molar-refractivity contribution in [2.75, 3.05) is 38.4 Å². The monoisotopic (exact) mass is 1340 g/mol. The molecule has 2 saturated carbocycles. The Kier molecular flexibility index (Phi) is 24.2. The van der Waals surface area contributed by atoms with Crippen molar-refractivity contribution in [2.45, 2.75) is 181 Å². The molecule has 3 aliphatic carbocycles. The van der Waals surface area contributed by atoms with E-state index in [2.05, 4.69) is 21.3 Å². The number of amides is 5. The van der Waals surface area contributed by atoms with E-state index in [0.717, 1.165) is 0 Å². The number of aliphatic hydroxyl groups excluding tert-OH is 1. The van der Waals surface area contributed by atoms with Crippen LogP contribution in [0.3, 0.4) is 0 Å². The SMILES string of the molecule is CCOCCOCC(=O)C[C@H](C)C(=O)N[C@H](C)C(=O)N[C@H](CC(N)=O)C(=O)Nc1ccc(COC(=O)O[C@@H](C(=O)O[C@H]2C[C@@]3(O)C(OC(=O)c4ccccc4)[C@H]4[C@](C)(C(=O)[C@H](O)C(=C2C)C3(C)C)[C@@H](C)CC2OC[C@]24OC(C)=O)[C@@H](NC(=O)OC(C)(C)C)c2ccccc2)cc1. The van der Waals surface area contributed by atoms with Crippen LogP contribution in [0.5, 0.6) is 0 Å². The highest BCUT2D eigenvalue weighted by atomic mass is 16.7. The van der Waals surface area contributed by atoms with Crippen LogP contribution in [-0.2, 0) is 87.6 Å². The van der Waals surface area contributed by atoms with Crippen LogP contribution in [0.2, 0.25) is 0 Å². The minimum Gasteiger partial charge on any atom is -0.455 e. The molecule has 4 aliphatic rings. The summed E-state index contributed by atoms with van der Waals surface area (Å²) >= 11 is 0. The second kappa shape index (κ2) is 31.1. The van der Waals surface area contributed by atoms with E-state index in [1.54, 1.807) is 84.9 Å². The average molecular weight is 1340 g/mol. The molecule has 27 heteroatoms. The summed E-state index contributed by atoms with van der Waals surface area (Å²) in [6, 6.07) is 17.0. The highest BCUT2D eigenvalue weighted by Gasteiger charge is 2.77. The highest BCUT2D eigenvalue weighted by molar-refractivity contribution is 6.01. The molecule has 522 valence electrons. The van der Waals surface area contributed by atoms with Crippen molar-refractivity contribution in [3.05, 3.63) is 113 Å². The van der Waals surface area contributed by atoms with Gasteiger partial charge in [-0.2, -0.15) is 0 Å². The van der Waals surface area contributed by atoms with E-state index in [9.17, 15) is 53.4 Å². The number of ketones is 2. The molecule has 1 heterocycles. The largest absolute Gasteiger partial charge is 0.509 e. The second-order valence-electron chi connectivity index (χ2n) is 26.6. The molecule has 0 radical (unpaired) electrons. The number of carbonyl (C=O) groups is 11. The molecule has 5 amide bonds. The topological polar surface area (TPSA) is 385 Å². The number of nitrogens with one attached hydrogen (secondary N) is 4. The van der Waals surface area contributed by atoms with E-state index < -0.39 is 173 Å². The number of ether oxygens (including phenoxy) is 9. The summed E-state index contributed by atoms with van der Waals surface area (Å²) < 4.78 is 52.6. The lowest BCUT2D eigenvalue weighted by molar-refractivity contribution is -0.340. The maximum atomic E-state index is 15.6. The number of aliphatic hydroxyl groups is 2. The van der Waals surface area contributed by atoms with Gasteiger partial charge in [0, 0.05) is 48.8 Å². The number of rotatable bonds is 27. The molecular weight excluding hydrogens is 1250 g/mol. The Hall–Kier alpha value is -8.63. The summed E-state index contributed by atoms with van der Waals surface area (Å²) in [6.07, 6.45) is -12.2. The Morgan fingerprint density at radius 2 is 1.45 bits per heavy atom. The van der Waals surface area contributed by atoms with Gasteiger partial charge in [-0.15, -0.1) is 0 Å². The molecule has 0 spiro atoms. The van der Waals surface area contributed by atoms with Gasteiger partial charge in [0.05, 0.1) is 37.7 Å². The number of primary amides is 1. The lowest BCUT2D eigenvalue weighted by Gasteiger charge is -2.68. The molecule has 27 nitrogen and oxygen atoms in total. The molecule has 3 aromatic carbocycles. The predicted molar refractivity (Wildman–Crippen MR) is 340 cm³/mol. The standard InChI is InChI=1S/C69H89N5O22/c1-13-88-28-29-89-35-46(76)30-37(2)58(80)71-40(5)59(81)73-47(32-50(70)77)60(82)72-45-26-24-42(25-27-45)34-90-64(86)93-54(52(43-20-16-14-17-21-43)74-63(85)96-65(7,8)9)62(84)92-48-33-69(87)57(94-61(83)44-22-18-15-19-23-44)55-67(12,56(79)53(78)51(39(48)4)66(69,10)11)38(3)31-49-68(55,36-91-49)95-41(6)75/h14-27,37-38,40,47-49,52-55,57,78,87H,13,28-36H2,1-12H3,(H2,70,77)(H,71,80)(H,72,82)(H,73,81)(H,74,85)/t37-,38-,40+,47+,48-,49?,52-,53+,54+,55-,57?,67+,68-,69+/m0/s1. The van der Waals surface area contributed by atoms with Crippen molar-refractivity contribution in [1.82, 2.24) is 16.0 Å². The van der Waals surface area contributed by atoms with Crippen molar-refractivity contribution in [3.63, 3.8) is 0 Å². The first kappa shape index (κ1) is 74.8. The number of benzene rings is 3. The molecule has 8 N–H and O–H groups in total. The quantitative estimate of drug-likeness (QED) is 0.0219. The zero-order valence-electron chi connectivity index (χ0n) is 56.1. The minimum atomic E-state index is -2.43. The van der Waals surface area contributed by atoms with E-state index in [4.69, 9.17) is 48.4 Å². The van der Waals surface area contributed by atoms with Gasteiger partial charge in [-0.25, -0.2) is 19.2 Å². The van der Waals surface area contributed by atoms with Crippen LogP contribution in [-0.4, -0.2) is 168 Å². The number of esters is 3. The fraction of sp³-hybridized carbons (Fsp3) is 0.551. The Bertz CT molecular complexity index is 3410. The third-order valence-electron chi connectivity index (χ3n) is 18.4. The summed E-state index contributed by atoms with van der Waals surface area (Å²) in [6.45, 7) is 18.5. The molecule has 3 fully saturated rings. The number of nitrogens with two attached hydrogens (primary N) is 1. The van der Waals surface area contributed by atoms with Crippen molar-refractivity contribution >= 4 is 71.0 Å². The maximum absolute atomic E-state index is 15.6. The third-order valence-corrected chi connectivity index (χ3v) is 18.4. The van der Waals surface area contributed by atoms with Gasteiger partial charge in [0.2, 0.25) is 29.7 Å². The van der Waals surface area contributed by atoms with Crippen LogP contribution in [0.1, 0.15) is 136 Å². The van der Waals surface area contributed by atoms with Crippen LogP contribution in [0.15, 0.2) is 96.1 Å². The van der Waals surface area contributed by atoms with E-state index in [0.29, 0.717) is 18.8 Å². The first-order chi connectivity index (χ1) is 45.1. The zero-order valence-corrected chi connectivity index (χ0v) is 56.1. The highest BCUT2D eigenvalue weighted by Crippen LogP contribution is 2.65. The average Bonchev–Trinajstić information content (AvgIpc) is 0.671. The Balaban J connectivity index is 1.14. The summed E-state index contributed by atoms with van der Waals surface area (Å²) in [5.74, 6) is -10.3. The summed E-state index contributed by atoms with van der Waals surface area (Å²) in [4.78, 5) is 151. The van der Waals surface area contributed by atoms with E-state index in [1.807, 2.05) is 6.92 Å². The Morgan fingerprint density at radius 1 is 0.812 bits per heavy atom. The normalized spacial score (nSPS) is 25.6. The van der Waals surface area contributed by atoms with Gasteiger partial charge < -0.3 is 79.8 Å². The van der Waals surface area contributed by atoms with E-state index in [-0.39, 0.29) is 66.4 Å². The van der Waals surface area contributed by atoms with Crippen LogP contribution in [0.4, 0.5) is 15.3 Å². The van der Waals surface area contributed by atoms with E-state index in [1.165, 1.54) is 76.2 Å². The number of hydrogen-bond acceptors (Lipinski definition) is 22. The number of carbonyl (C=O) groups excluding carboxylic acids is 11. The molecule has 7 rings (SSSR count). The number of Topliss-reactive ketones (excluding diaryl/α,β-unsaturated/α-hetero) is 2. The van der Waals surface area contributed by atoms with Crippen molar-refractivity contribution < 1.29 is 106 Å².